The molecule has 5 nitrogen and oxygen atoms in total. The van der Waals surface area contributed by atoms with E-state index in [2.05, 4.69) is 6.92 Å². The largest absolute Gasteiger partial charge is 0.493 e. The third kappa shape index (κ3) is 3.49. The second-order valence-corrected chi connectivity index (χ2v) is 6.20. The van der Waals surface area contributed by atoms with E-state index in [9.17, 15) is 9.59 Å². The van der Waals surface area contributed by atoms with Crippen LogP contribution in [0.4, 0.5) is 0 Å². The maximum absolute atomic E-state index is 12.6. The lowest BCUT2D eigenvalue weighted by Gasteiger charge is -2.35. The van der Waals surface area contributed by atoms with Gasteiger partial charge in [-0.3, -0.25) is 9.59 Å². The predicted molar refractivity (Wildman–Crippen MR) is 87.6 cm³/mol. The number of carbonyl (C=O) groups is 2. The van der Waals surface area contributed by atoms with E-state index in [0.717, 1.165) is 36.1 Å². The van der Waals surface area contributed by atoms with Crippen LogP contribution in [0.2, 0.25) is 0 Å². The van der Waals surface area contributed by atoms with Crippen LogP contribution in [0.15, 0.2) is 18.2 Å². The minimum atomic E-state index is 0.0559. The lowest BCUT2D eigenvalue weighted by Crippen LogP contribution is -2.50. The van der Waals surface area contributed by atoms with Crippen molar-refractivity contribution in [2.45, 2.75) is 32.6 Å². The number of nitrogens with zero attached hydrogens (tertiary/aromatic N) is 2. The number of hydrogen-bond donors (Lipinski definition) is 0. The number of fused-ring (bicyclic) bond motifs is 1. The van der Waals surface area contributed by atoms with Gasteiger partial charge in [0.15, 0.2) is 0 Å². The molecule has 5 heteroatoms. The van der Waals surface area contributed by atoms with Gasteiger partial charge < -0.3 is 14.5 Å². The fourth-order valence-electron chi connectivity index (χ4n) is 3.15. The monoisotopic (exact) mass is 316 g/mol. The van der Waals surface area contributed by atoms with E-state index in [1.807, 2.05) is 28.0 Å². The molecule has 0 unspecified atom stereocenters. The molecular formula is C18H24N2O3. The van der Waals surface area contributed by atoms with Gasteiger partial charge in [0.1, 0.15) is 5.75 Å². The fraction of sp³-hybridized carbons (Fsp3) is 0.556. The third-order valence-electron chi connectivity index (χ3n) is 4.60. The Morgan fingerprint density at radius 2 is 1.87 bits per heavy atom. The molecule has 1 aromatic rings. The molecule has 23 heavy (non-hydrogen) atoms. The molecule has 3 rings (SSSR count). The first-order valence-corrected chi connectivity index (χ1v) is 8.52. The number of benzene rings is 1. The number of carbonyl (C=O) groups excluding carboxylic acids is 2. The summed E-state index contributed by atoms with van der Waals surface area (Å²) >= 11 is 0. The van der Waals surface area contributed by atoms with Gasteiger partial charge in [-0.25, -0.2) is 0 Å². The van der Waals surface area contributed by atoms with Gasteiger partial charge in [-0.1, -0.05) is 13.3 Å². The van der Waals surface area contributed by atoms with E-state index in [0.29, 0.717) is 39.2 Å². The van der Waals surface area contributed by atoms with Crippen LogP contribution >= 0.6 is 0 Å². The molecule has 0 spiro atoms. The highest BCUT2D eigenvalue weighted by molar-refractivity contribution is 5.95. The van der Waals surface area contributed by atoms with E-state index < -0.39 is 0 Å². The van der Waals surface area contributed by atoms with E-state index in [4.69, 9.17) is 4.74 Å². The molecule has 0 saturated carbocycles. The molecule has 0 aromatic heterocycles. The number of rotatable bonds is 4. The van der Waals surface area contributed by atoms with Gasteiger partial charge in [-0.05, 0) is 30.2 Å². The lowest BCUT2D eigenvalue weighted by molar-refractivity contribution is -0.132. The standard InChI is InChI=1S/C18H24N2O3/c1-2-3-4-17(21)19-8-10-20(11-9-19)18(22)15-5-6-16-14(13-15)7-12-23-16/h5-6,13H,2-4,7-12H2,1H3. The van der Waals surface area contributed by atoms with Gasteiger partial charge in [-0.15, -0.1) is 0 Å². The molecule has 124 valence electrons. The van der Waals surface area contributed by atoms with E-state index >= 15 is 0 Å². The highest BCUT2D eigenvalue weighted by atomic mass is 16.5. The van der Waals surface area contributed by atoms with Crippen molar-refractivity contribution in [1.29, 1.82) is 0 Å². The third-order valence-corrected chi connectivity index (χ3v) is 4.60. The van der Waals surface area contributed by atoms with Crippen molar-refractivity contribution in [3.05, 3.63) is 29.3 Å². The average molecular weight is 316 g/mol. The lowest BCUT2D eigenvalue weighted by atomic mass is 10.1. The molecule has 0 bridgehead atoms. The second kappa shape index (κ2) is 7.02. The molecule has 2 heterocycles. The molecular weight excluding hydrogens is 292 g/mol. The maximum atomic E-state index is 12.6. The molecule has 0 radical (unpaired) electrons. The van der Waals surface area contributed by atoms with Crippen LogP contribution in [0.5, 0.6) is 5.75 Å². The van der Waals surface area contributed by atoms with Crippen LogP contribution in [-0.4, -0.2) is 54.4 Å². The summed E-state index contributed by atoms with van der Waals surface area (Å²) in [7, 11) is 0. The maximum Gasteiger partial charge on any atom is 0.253 e. The summed E-state index contributed by atoms with van der Waals surface area (Å²) in [5.41, 5.74) is 1.84. The molecule has 2 amide bonds. The summed E-state index contributed by atoms with van der Waals surface area (Å²) in [5.74, 6) is 1.17. The number of unbranched alkanes of at least 4 members (excludes halogenated alkanes) is 1. The van der Waals surface area contributed by atoms with Crippen molar-refractivity contribution in [2.75, 3.05) is 32.8 Å². The Labute approximate surface area is 137 Å². The Morgan fingerprint density at radius 3 is 2.61 bits per heavy atom. The Kier molecular flexibility index (Phi) is 4.84. The predicted octanol–water partition coefficient (Wildman–Crippen LogP) is 2.10. The molecule has 0 N–H and O–H groups in total. The summed E-state index contributed by atoms with van der Waals surface area (Å²) in [6, 6.07) is 5.68. The first kappa shape index (κ1) is 15.8. The highest BCUT2D eigenvalue weighted by Crippen LogP contribution is 2.26. The Hall–Kier alpha value is -2.04. The highest BCUT2D eigenvalue weighted by Gasteiger charge is 2.25. The number of piperazine rings is 1. The average Bonchev–Trinajstić information content (AvgIpc) is 3.06. The number of ether oxygens (including phenoxy) is 1. The zero-order valence-corrected chi connectivity index (χ0v) is 13.7. The van der Waals surface area contributed by atoms with E-state index in [1.54, 1.807) is 0 Å². The summed E-state index contributed by atoms with van der Waals surface area (Å²) in [4.78, 5) is 28.4. The minimum absolute atomic E-state index is 0.0559. The van der Waals surface area contributed by atoms with Crippen molar-refractivity contribution in [3.63, 3.8) is 0 Å². The summed E-state index contributed by atoms with van der Waals surface area (Å²) in [6.45, 7) is 5.30. The van der Waals surface area contributed by atoms with Crippen molar-refractivity contribution in [1.82, 2.24) is 9.80 Å². The topological polar surface area (TPSA) is 49.9 Å². The zero-order chi connectivity index (χ0) is 16.2. The Bertz CT molecular complexity index is 592. The van der Waals surface area contributed by atoms with Crippen LogP contribution in [0.3, 0.4) is 0 Å². The minimum Gasteiger partial charge on any atom is -0.493 e. The van der Waals surface area contributed by atoms with Crippen molar-refractivity contribution < 1.29 is 14.3 Å². The summed E-state index contributed by atoms with van der Waals surface area (Å²) < 4.78 is 5.48. The first-order valence-electron chi connectivity index (χ1n) is 8.52. The van der Waals surface area contributed by atoms with Crippen molar-refractivity contribution in [2.24, 2.45) is 0 Å². The zero-order valence-electron chi connectivity index (χ0n) is 13.7. The van der Waals surface area contributed by atoms with Crippen LogP contribution in [0.25, 0.3) is 0 Å². The van der Waals surface area contributed by atoms with Gasteiger partial charge in [0, 0.05) is 44.6 Å². The molecule has 1 fully saturated rings. The quantitative estimate of drug-likeness (QED) is 0.855. The van der Waals surface area contributed by atoms with Gasteiger partial charge >= 0.3 is 0 Å². The van der Waals surface area contributed by atoms with Gasteiger partial charge in [0.2, 0.25) is 5.91 Å². The normalized spacial score (nSPS) is 16.9. The second-order valence-electron chi connectivity index (χ2n) is 6.20. The fourth-order valence-corrected chi connectivity index (χ4v) is 3.15. The number of amides is 2. The Balaban J connectivity index is 1.57. The smallest absolute Gasteiger partial charge is 0.253 e. The van der Waals surface area contributed by atoms with Crippen LogP contribution < -0.4 is 4.74 Å². The van der Waals surface area contributed by atoms with Crippen LogP contribution in [0.1, 0.15) is 42.1 Å². The molecule has 0 aliphatic carbocycles. The van der Waals surface area contributed by atoms with Crippen LogP contribution in [-0.2, 0) is 11.2 Å². The van der Waals surface area contributed by atoms with Crippen molar-refractivity contribution >= 4 is 11.8 Å². The van der Waals surface area contributed by atoms with E-state index in [-0.39, 0.29) is 11.8 Å². The van der Waals surface area contributed by atoms with Gasteiger partial charge in [0.05, 0.1) is 6.61 Å². The molecule has 1 aromatic carbocycles. The molecule has 2 aliphatic heterocycles. The number of hydrogen-bond acceptors (Lipinski definition) is 3. The molecule has 0 atom stereocenters. The molecule has 2 aliphatic rings. The summed E-state index contributed by atoms with van der Waals surface area (Å²) in [6.07, 6.45) is 3.47. The molecule has 1 saturated heterocycles. The summed E-state index contributed by atoms with van der Waals surface area (Å²) in [5, 5.41) is 0. The van der Waals surface area contributed by atoms with E-state index in [1.165, 1.54) is 0 Å². The van der Waals surface area contributed by atoms with Crippen molar-refractivity contribution in [3.8, 4) is 5.75 Å². The van der Waals surface area contributed by atoms with Gasteiger partial charge in [0.25, 0.3) is 5.91 Å². The first-order chi connectivity index (χ1) is 11.2. The van der Waals surface area contributed by atoms with Gasteiger partial charge in [-0.2, -0.15) is 0 Å². The van der Waals surface area contributed by atoms with Crippen LogP contribution in [0, 0.1) is 0 Å². The Morgan fingerprint density at radius 1 is 1.13 bits per heavy atom. The SMILES string of the molecule is CCCCC(=O)N1CCN(C(=O)c2ccc3c(c2)CCO3)CC1.